The Morgan fingerprint density at radius 3 is 2.39 bits per heavy atom. The number of nitrogens with one attached hydrogen (secondary N) is 1. The third-order valence-corrected chi connectivity index (χ3v) is 3.55. The van der Waals surface area contributed by atoms with Crippen LogP contribution >= 0.6 is 0 Å². The van der Waals surface area contributed by atoms with E-state index in [9.17, 15) is 0 Å². The second kappa shape index (κ2) is 5.49. The van der Waals surface area contributed by atoms with Gasteiger partial charge in [-0.3, -0.25) is 0 Å². The third-order valence-electron chi connectivity index (χ3n) is 3.55. The monoisotopic (exact) mass is 303 g/mol. The van der Waals surface area contributed by atoms with Crippen LogP contribution in [-0.2, 0) is 7.05 Å². The van der Waals surface area contributed by atoms with Gasteiger partial charge < -0.3 is 0 Å². The Balaban J connectivity index is 1.87. The van der Waals surface area contributed by atoms with Crippen LogP contribution in [0.1, 0.15) is 0 Å². The Morgan fingerprint density at radius 1 is 0.957 bits per heavy atom. The lowest BCUT2D eigenvalue weighted by Crippen LogP contribution is -2.33. The number of hydrogen-bond donors (Lipinski definition) is 1. The summed E-state index contributed by atoms with van der Waals surface area (Å²) >= 11 is 0. The van der Waals surface area contributed by atoms with E-state index in [2.05, 4.69) is 32.7 Å². The van der Waals surface area contributed by atoms with Gasteiger partial charge in [0.1, 0.15) is 7.05 Å². The van der Waals surface area contributed by atoms with Crippen LogP contribution in [-0.4, -0.2) is 14.8 Å². The number of azo groups is 1. The Kier molecular flexibility index (Phi) is 3.20. The second-order valence-corrected chi connectivity index (χ2v) is 5.20. The van der Waals surface area contributed by atoms with Crippen LogP contribution in [0.15, 0.2) is 77.0 Å². The van der Waals surface area contributed by atoms with Crippen LogP contribution in [0.5, 0.6) is 0 Å². The lowest BCUT2D eigenvalue weighted by atomic mass is 10.1. The maximum Gasteiger partial charge on any atom is 0.288 e. The van der Waals surface area contributed by atoms with Crippen molar-refractivity contribution in [1.82, 2.24) is 14.8 Å². The number of aryl methyl sites for hydroxylation is 1. The summed E-state index contributed by atoms with van der Waals surface area (Å²) < 4.78 is 1.83. The molecule has 0 radical (unpaired) electrons. The Labute approximate surface area is 132 Å². The van der Waals surface area contributed by atoms with E-state index < -0.39 is 0 Å². The van der Waals surface area contributed by atoms with E-state index in [0.29, 0.717) is 0 Å². The van der Waals surface area contributed by atoms with Gasteiger partial charge in [0.25, 0.3) is 11.5 Å². The van der Waals surface area contributed by atoms with Crippen molar-refractivity contribution in [2.75, 3.05) is 0 Å². The van der Waals surface area contributed by atoms with Crippen molar-refractivity contribution in [3.05, 3.63) is 66.7 Å². The molecule has 4 rings (SSSR count). The van der Waals surface area contributed by atoms with Crippen LogP contribution in [0.3, 0.4) is 0 Å². The predicted molar refractivity (Wildman–Crippen MR) is 86.8 cm³/mol. The van der Waals surface area contributed by atoms with Gasteiger partial charge in [-0.15, -0.1) is 10.2 Å². The molecule has 2 aromatic carbocycles. The summed E-state index contributed by atoms with van der Waals surface area (Å²) in [6, 6.07) is 21.8. The smallest absolute Gasteiger partial charge is 0.147 e. The molecule has 0 bridgehead atoms. The average molecular weight is 303 g/mol. The number of aromatic nitrogens is 4. The SMILES string of the molecule is C[n+]1nc2cc(-c3ccccc3)c(N=Nc3ccccc3)n2[nH]1. The van der Waals surface area contributed by atoms with E-state index in [1.807, 2.05) is 66.2 Å². The topological polar surface area (TPSA) is 61.7 Å². The fraction of sp³-hybridized carbons (Fsp3) is 0.0588. The zero-order valence-corrected chi connectivity index (χ0v) is 12.6. The molecular weight excluding hydrogens is 288 g/mol. The fourth-order valence-electron chi connectivity index (χ4n) is 2.51. The van der Waals surface area contributed by atoms with Gasteiger partial charge in [0.05, 0.1) is 11.3 Å². The van der Waals surface area contributed by atoms with Gasteiger partial charge >= 0.3 is 0 Å². The molecule has 0 aliphatic heterocycles. The van der Waals surface area contributed by atoms with Crippen molar-refractivity contribution < 1.29 is 4.80 Å². The molecule has 2 heterocycles. The van der Waals surface area contributed by atoms with Crippen molar-refractivity contribution in [2.45, 2.75) is 0 Å². The summed E-state index contributed by atoms with van der Waals surface area (Å²) in [6.07, 6.45) is 0. The number of tetrazole rings is 1. The fourth-order valence-corrected chi connectivity index (χ4v) is 2.51. The predicted octanol–water partition coefficient (Wildman–Crippen LogP) is 3.57. The molecule has 0 aliphatic rings. The minimum Gasteiger partial charge on any atom is -0.147 e. The van der Waals surface area contributed by atoms with E-state index in [-0.39, 0.29) is 0 Å². The van der Waals surface area contributed by atoms with Crippen molar-refractivity contribution in [3.8, 4) is 11.1 Å². The number of nitrogens with zero attached hydrogens (tertiary/aromatic N) is 5. The molecule has 0 unspecified atom stereocenters. The highest BCUT2D eigenvalue weighted by Crippen LogP contribution is 2.33. The molecule has 6 heteroatoms. The molecule has 0 saturated carbocycles. The van der Waals surface area contributed by atoms with Crippen LogP contribution in [0, 0.1) is 0 Å². The van der Waals surface area contributed by atoms with Crippen LogP contribution < -0.4 is 4.80 Å². The molecule has 0 fully saturated rings. The summed E-state index contributed by atoms with van der Waals surface area (Å²) in [5.41, 5.74) is 3.68. The molecular formula is C17H15N6+. The highest BCUT2D eigenvalue weighted by molar-refractivity contribution is 5.79. The first kappa shape index (κ1) is 13.4. The van der Waals surface area contributed by atoms with E-state index in [1.165, 1.54) is 0 Å². The highest BCUT2D eigenvalue weighted by atomic mass is 15.6. The van der Waals surface area contributed by atoms with Crippen molar-refractivity contribution in [3.63, 3.8) is 0 Å². The molecule has 0 aliphatic carbocycles. The normalized spacial score (nSPS) is 11.5. The van der Waals surface area contributed by atoms with E-state index in [0.717, 1.165) is 28.3 Å². The number of H-pyrrole nitrogens is 1. The Hall–Kier alpha value is -3.28. The van der Waals surface area contributed by atoms with Gasteiger partial charge in [-0.2, -0.15) is 0 Å². The van der Waals surface area contributed by atoms with Crippen molar-refractivity contribution in [1.29, 1.82) is 0 Å². The van der Waals surface area contributed by atoms with Crippen molar-refractivity contribution >= 4 is 17.2 Å². The minimum absolute atomic E-state index is 0.725. The van der Waals surface area contributed by atoms with Gasteiger partial charge in [-0.1, -0.05) is 63.1 Å². The van der Waals surface area contributed by atoms with Crippen LogP contribution in [0.2, 0.25) is 0 Å². The quantitative estimate of drug-likeness (QED) is 0.456. The zero-order chi connectivity index (χ0) is 15.6. The van der Waals surface area contributed by atoms with Crippen LogP contribution in [0.4, 0.5) is 11.5 Å². The lowest BCUT2D eigenvalue weighted by molar-refractivity contribution is -0.783. The molecule has 0 amide bonds. The van der Waals surface area contributed by atoms with Gasteiger partial charge in [0.15, 0.2) is 0 Å². The number of hydrogen-bond acceptors (Lipinski definition) is 3. The van der Waals surface area contributed by atoms with E-state index in [1.54, 1.807) is 4.80 Å². The number of aromatic amines is 1. The molecule has 0 atom stereocenters. The summed E-state index contributed by atoms with van der Waals surface area (Å²) in [7, 11) is 1.84. The summed E-state index contributed by atoms with van der Waals surface area (Å²) in [5.74, 6) is 0.725. The number of benzene rings is 2. The van der Waals surface area contributed by atoms with E-state index >= 15 is 0 Å². The Bertz CT molecular complexity index is 966. The molecule has 4 aromatic rings. The minimum atomic E-state index is 0.725. The first-order chi connectivity index (χ1) is 11.3. The van der Waals surface area contributed by atoms with Gasteiger partial charge in [-0.05, 0) is 22.8 Å². The summed E-state index contributed by atoms with van der Waals surface area (Å²) in [6.45, 7) is 0. The number of rotatable bonds is 3. The highest BCUT2D eigenvalue weighted by Gasteiger charge is 2.21. The summed E-state index contributed by atoms with van der Waals surface area (Å²) in [4.78, 5) is 1.64. The molecule has 112 valence electrons. The van der Waals surface area contributed by atoms with Crippen LogP contribution in [0.25, 0.3) is 16.8 Å². The Morgan fingerprint density at radius 2 is 1.65 bits per heavy atom. The molecule has 2 aromatic heterocycles. The van der Waals surface area contributed by atoms with Gasteiger partial charge in [0.2, 0.25) is 0 Å². The standard InChI is InChI=1S/C17H15N6/c1-22-20-16-12-15(13-8-4-2-5-9-13)17(23(16)21-22)19-18-14-10-6-3-7-11-14/h2-12H,1H3,(H,20,21)/q+1. The number of fused-ring (bicyclic) bond motifs is 1. The first-order valence-corrected chi connectivity index (χ1v) is 7.31. The molecule has 1 N–H and O–H groups in total. The molecule has 0 spiro atoms. The molecule has 23 heavy (non-hydrogen) atoms. The lowest BCUT2D eigenvalue weighted by Gasteiger charge is -1.97. The largest absolute Gasteiger partial charge is 0.288 e. The summed E-state index contributed by atoms with van der Waals surface area (Å²) in [5, 5.41) is 16.3. The van der Waals surface area contributed by atoms with Gasteiger partial charge in [-0.25, -0.2) is 0 Å². The van der Waals surface area contributed by atoms with E-state index in [4.69, 9.17) is 0 Å². The average Bonchev–Trinajstić information content (AvgIpc) is 3.11. The van der Waals surface area contributed by atoms with Gasteiger partial charge in [0, 0.05) is 6.07 Å². The second-order valence-electron chi connectivity index (χ2n) is 5.20. The molecule has 6 nitrogen and oxygen atoms in total. The zero-order valence-electron chi connectivity index (χ0n) is 12.6. The molecule has 0 saturated heterocycles. The maximum absolute atomic E-state index is 4.46. The van der Waals surface area contributed by atoms with Crippen molar-refractivity contribution in [2.24, 2.45) is 17.3 Å². The first-order valence-electron chi connectivity index (χ1n) is 7.31. The third kappa shape index (κ3) is 2.50. The maximum atomic E-state index is 4.46.